The molecule has 0 aliphatic carbocycles. The van der Waals surface area contributed by atoms with E-state index in [0.29, 0.717) is 23.7 Å². The van der Waals surface area contributed by atoms with E-state index in [2.05, 4.69) is 10.1 Å². The Kier molecular flexibility index (Phi) is 7.91. The second-order valence-electron chi connectivity index (χ2n) is 6.16. The minimum absolute atomic E-state index is 0.160. The molecule has 2 rings (SSSR count). The predicted molar refractivity (Wildman–Crippen MR) is 103 cm³/mol. The van der Waals surface area contributed by atoms with E-state index in [1.807, 2.05) is 13.0 Å². The minimum atomic E-state index is -0.678. The first kappa shape index (κ1) is 21.0. The Morgan fingerprint density at radius 2 is 1.93 bits per heavy atom. The molecule has 0 amide bonds. The van der Waals surface area contributed by atoms with Gasteiger partial charge in [-0.3, -0.25) is 0 Å². The van der Waals surface area contributed by atoms with E-state index >= 15 is 0 Å². The summed E-state index contributed by atoms with van der Waals surface area (Å²) in [4.78, 5) is 11.1. The molecule has 0 aliphatic heterocycles. The van der Waals surface area contributed by atoms with E-state index in [0.717, 1.165) is 11.1 Å². The molecule has 2 aromatic rings. The molecule has 146 valence electrons. The van der Waals surface area contributed by atoms with Gasteiger partial charge in [-0.1, -0.05) is 29.8 Å². The van der Waals surface area contributed by atoms with Crippen LogP contribution in [0.15, 0.2) is 42.5 Å². The van der Waals surface area contributed by atoms with E-state index < -0.39 is 12.1 Å². The molecular formula is C20H24ClNO5. The van der Waals surface area contributed by atoms with E-state index in [4.69, 9.17) is 16.3 Å². The van der Waals surface area contributed by atoms with Gasteiger partial charge in [-0.25, -0.2) is 4.79 Å². The predicted octanol–water partition coefficient (Wildman–Crippen LogP) is 2.85. The third kappa shape index (κ3) is 6.43. The van der Waals surface area contributed by atoms with Gasteiger partial charge in [0, 0.05) is 6.04 Å². The number of halogens is 1. The van der Waals surface area contributed by atoms with Crippen molar-refractivity contribution in [2.24, 2.45) is 0 Å². The summed E-state index contributed by atoms with van der Waals surface area (Å²) in [5, 5.41) is 23.4. The molecule has 0 fully saturated rings. The third-order valence-electron chi connectivity index (χ3n) is 4.16. The number of benzene rings is 2. The van der Waals surface area contributed by atoms with Gasteiger partial charge in [-0.2, -0.15) is 0 Å². The molecule has 0 unspecified atom stereocenters. The van der Waals surface area contributed by atoms with Gasteiger partial charge in [0.25, 0.3) is 0 Å². The van der Waals surface area contributed by atoms with Crippen molar-refractivity contribution in [1.29, 1.82) is 0 Å². The Labute approximate surface area is 163 Å². The Hall–Kier alpha value is -2.28. The zero-order valence-corrected chi connectivity index (χ0v) is 16.1. The van der Waals surface area contributed by atoms with Crippen LogP contribution >= 0.6 is 11.6 Å². The highest BCUT2D eigenvalue weighted by Gasteiger charge is 2.15. The van der Waals surface area contributed by atoms with Crippen LogP contribution in [0, 0.1) is 0 Å². The van der Waals surface area contributed by atoms with Crippen molar-refractivity contribution in [1.82, 2.24) is 5.32 Å². The molecule has 7 heteroatoms. The second-order valence-corrected chi connectivity index (χ2v) is 6.57. The Morgan fingerprint density at radius 1 is 1.22 bits per heavy atom. The zero-order chi connectivity index (χ0) is 19.8. The van der Waals surface area contributed by atoms with Crippen LogP contribution in [0.5, 0.6) is 11.5 Å². The number of rotatable bonds is 9. The topological polar surface area (TPSA) is 88.0 Å². The van der Waals surface area contributed by atoms with Gasteiger partial charge in [0.2, 0.25) is 0 Å². The quantitative estimate of drug-likeness (QED) is 0.568. The zero-order valence-electron chi connectivity index (χ0n) is 15.3. The number of aliphatic hydroxyl groups is 1. The molecule has 0 radical (unpaired) electrons. The Bertz CT molecular complexity index is 751. The van der Waals surface area contributed by atoms with Crippen molar-refractivity contribution in [2.45, 2.75) is 25.5 Å². The van der Waals surface area contributed by atoms with Gasteiger partial charge in [0.15, 0.2) is 6.61 Å². The number of aliphatic hydroxyl groups excluding tert-OH is 1. The van der Waals surface area contributed by atoms with E-state index in [1.54, 1.807) is 36.4 Å². The van der Waals surface area contributed by atoms with E-state index in [-0.39, 0.29) is 18.4 Å². The summed E-state index contributed by atoms with van der Waals surface area (Å²) in [6.07, 6.45) is 0.0344. The maximum atomic E-state index is 11.1. The summed E-state index contributed by atoms with van der Waals surface area (Å²) < 4.78 is 9.82. The highest BCUT2D eigenvalue weighted by atomic mass is 35.5. The first-order valence-electron chi connectivity index (χ1n) is 8.59. The van der Waals surface area contributed by atoms with Crippen LogP contribution in [0.2, 0.25) is 5.02 Å². The molecule has 27 heavy (non-hydrogen) atoms. The standard InChI is InChI=1S/C20H24ClNO5/c1-13(20(25)15-4-6-16(23)7-5-15)22-10-9-14-3-8-18(17(21)11-14)27-12-19(24)26-2/h3-8,11,13,20,22-23,25H,9-10,12H2,1-2H3/t13-,20-/m1/s1. The summed E-state index contributed by atoms with van der Waals surface area (Å²) in [6, 6.07) is 11.7. The highest BCUT2D eigenvalue weighted by Crippen LogP contribution is 2.26. The molecule has 0 saturated carbocycles. The molecule has 2 aromatic carbocycles. The van der Waals surface area contributed by atoms with Gasteiger partial charge in [-0.05, 0) is 55.3 Å². The van der Waals surface area contributed by atoms with Crippen LogP contribution < -0.4 is 10.1 Å². The lowest BCUT2D eigenvalue weighted by atomic mass is 10.0. The van der Waals surface area contributed by atoms with Crippen molar-refractivity contribution >= 4 is 17.6 Å². The SMILES string of the molecule is COC(=O)COc1ccc(CCN[C@H](C)[C@@H](O)c2ccc(O)cc2)cc1Cl. The summed E-state index contributed by atoms with van der Waals surface area (Å²) in [5.41, 5.74) is 1.74. The summed E-state index contributed by atoms with van der Waals surface area (Å²) in [6.45, 7) is 2.35. The van der Waals surface area contributed by atoms with Crippen molar-refractivity contribution < 1.29 is 24.5 Å². The number of phenolic OH excluding ortho intramolecular Hbond substituents is 1. The van der Waals surface area contributed by atoms with Crippen molar-refractivity contribution in [3.05, 3.63) is 58.6 Å². The van der Waals surface area contributed by atoms with E-state index in [9.17, 15) is 15.0 Å². The van der Waals surface area contributed by atoms with Gasteiger partial charge in [0.1, 0.15) is 11.5 Å². The second kappa shape index (κ2) is 10.2. The lowest BCUT2D eigenvalue weighted by molar-refractivity contribution is -0.142. The number of aromatic hydroxyl groups is 1. The number of phenols is 1. The molecule has 0 bridgehead atoms. The average molecular weight is 394 g/mol. The lowest BCUT2D eigenvalue weighted by Crippen LogP contribution is -2.33. The first-order chi connectivity index (χ1) is 12.9. The number of nitrogens with one attached hydrogen (secondary N) is 1. The summed E-state index contributed by atoms with van der Waals surface area (Å²) in [5.74, 6) is 0.123. The van der Waals surface area contributed by atoms with Crippen LogP contribution in [0.3, 0.4) is 0 Å². The fraction of sp³-hybridized carbons (Fsp3) is 0.350. The Balaban J connectivity index is 1.83. The largest absolute Gasteiger partial charge is 0.508 e. The van der Waals surface area contributed by atoms with Crippen molar-refractivity contribution in [2.75, 3.05) is 20.3 Å². The summed E-state index contributed by atoms with van der Waals surface area (Å²) in [7, 11) is 1.29. The van der Waals surface area contributed by atoms with E-state index in [1.165, 1.54) is 7.11 Å². The molecular weight excluding hydrogens is 370 g/mol. The fourth-order valence-electron chi connectivity index (χ4n) is 2.53. The van der Waals surface area contributed by atoms with Crippen LogP contribution in [0.25, 0.3) is 0 Å². The monoisotopic (exact) mass is 393 g/mol. The molecule has 0 saturated heterocycles. The first-order valence-corrected chi connectivity index (χ1v) is 8.97. The number of carbonyl (C=O) groups excluding carboxylic acids is 1. The van der Waals surface area contributed by atoms with Crippen LogP contribution in [0.4, 0.5) is 0 Å². The van der Waals surface area contributed by atoms with Crippen molar-refractivity contribution in [3.63, 3.8) is 0 Å². The molecule has 0 heterocycles. The number of carbonyl (C=O) groups is 1. The van der Waals surface area contributed by atoms with Crippen LogP contribution in [-0.4, -0.2) is 42.5 Å². The number of esters is 1. The van der Waals surface area contributed by atoms with Gasteiger partial charge in [-0.15, -0.1) is 0 Å². The fourth-order valence-corrected chi connectivity index (χ4v) is 2.79. The van der Waals surface area contributed by atoms with Crippen LogP contribution in [-0.2, 0) is 16.0 Å². The minimum Gasteiger partial charge on any atom is -0.508 e. The average Bonchev–Trinajstić information content (AvgIpc) is 2.67. The number of hydrogen-bond donors (Lipinski definition) is 3. The Morgan fingerprint density at radius 3 is 2.56 bits per heavy atom. The molecule has 0 aromatic heterocycles. The number of ether oxygens (including phenoxy) is 2. The number of methoxy groups -OCH3 is 1. The number of hydrogen-bond acceptors (Lipinski definition) is 6. The summed E-state index contributed by atoms with van der Waals surface area (Å²) >= 11 is 6.18. The molecule has 6 nitrogen and oxygen atoms in total. The van der Waals surface area contributed by atoms with Gasteiger partial charge < -0.3 is 25.0 Å². The van der Waals surface area contributed by atoms with Gasteiger partial charge in [0.05, 0.1) is 18.2 Å². The maximum Gasteiger partial charge on any atom is 0.343 e. The molecule has 0 spiro atoms. The highest BCUT2D eigenvalue weighted by molar-refractivity contribution is 6.32. The molecule has 2 atom stereocenters. The smallest absolute Gasteiger partial charge is 0.343 e. The molecule has 3 N–H and O–H groups in total. The lowest BCUT2D eigenvalue weighted by Gasteiger charge is -2.21. The van der Waals surface area contributed by atoms with Crippen LogP contribution in [0.1, 0.15) is 24.2 Å². The van der Waals surface area contributed by atoms with Crippen molar-refractivity contribution in [3.8, 4) is 11.5 Å². The molecule has 0 aliphatic rings. The maximum absolute atomic E-state index is 11.1. The normalized spacial score (nSPS) is 13.0. The van der Waals surface area contributed by atoms with Gasteiger partial charge >= 0.3 is 5.97 Å². The third-order valence-corrected chi connectivity index (χ3v) is 4.45.